The first-order chi connectivity index (χ1) is 7.85. The minimum Gasteiger partial charge on any atom is -0.348 e. The van der Waals surface area contributed by atoms with E-state index in [9.17, 15) is 0 Å². The maximum atomic E-state index is 8.77. The molecule has 0 radical (unpaired) electrons. The molecular weight excluding hydrogens is 196 g/mol. The van der Waals surface area contributed by atoms with Crippen LogP contribution in [0, 0.1) is 11.3 Å². The third kappa shape index (κ3) is 2.09. The van der Waals surface area contributed by atoms with Gasteiger partial charge in [0.05, 0.1) is 12.5 Å². The molecule has 2 rings (SSSR count). The number of rotatable bonds is 3. The monoisotopic (exact) mass is 212 g/mol. The van der Waals surface area contributed by atoms with Crippen molar-refractivity contribution in [3.8, 4) is 6.07 Å². The number of allylic oxidation sites excluding steroid dienone is 1. The first-order valence-corrected chi connectivity index (χ1v) is 5.76. The molecule has 82 valence electrons. The van der Waals surface area contributed by atoms with E-state index in [-0.39, 0.29) is 0 Å². The summed E-state index contributed by atoms with van der Waals surface area (Å²) in [5.74, 6) is 0. The van der Waals surface area contributed by atoms with Crippen molar-refractivity contribution < 1.29 is 0 Å². The van der Waals surface area contributed by atoms with Gasteiger partial charge in [0.1, 0.15) is 0 Å². The Kier molecular flexibility index (Phi) is 3.26. The van der Waals surface area contributed by atoms with E-state index in [0.29, 0.717) is 6.42 Å². The number of anilines is 1. The van der Waals surface area contributed by atoms with Gasteiger partial charge in [-0.2, -0.15) is 5.26 Å². The molecule has 16 heavy (non-hydrogen) atoms. The standard InChI is InChI=1S/C14H16N2/c1-2-9-16-11-12(7-8-15)10-13-5-3-4-6-14(13)16/h3-6,11H,2,7,9-10H2,1H3. The van der Waals surface area contributed by atoms with Crippen LogP contribution in [0.1, 0.15) is 25.3 Å². The molecule has 0 spiro atoms. The van der Waals surface area contributed by atoms with Crippen molar-refractivity contribution in [1.82, 2.24) is 0 Å². The molecule has 0 fully saturated rings. The Labute approximate surface area is 96.8 Å². The molecule has 0 N–H and O–H groups in total. The van der Waals surface area contributed by atoms with E-state index in [4.69, 9.17) is 5.26 Å². The Morgan fingerprint density at radius 1 is 1.38 bits per heavy atom. The lowest BCUT2D eigenvalue weighted by atomic mass is 9.98. The maximum absolute atomic E-state index is 8.77. The molecular formula is C14H16N2. The van der Waals surface area contributed by atoms with Crippen molar-refractivity contribution >= 4 is 5.69 Å². The molecule has 2 heteroatoms. The Balaban J connectivity index is 2.31. The quantitative estimate of drug-likeness (QED) is 0.769. The van der Waals surface area contributed by atoms with Gasteiger partial charge < -0.3 is 4.90 Å². The second kappa shape index (κ2) is 4.85. The molecule has 2 nitrogen and oxygen atoms in total. The summed E-state index contributed by atoms with van der Waals surface area (Å²) in [5.41, 5.74) is 3.85. The topological polar surface area (TPSA) is 27.0 Å². The highest BCUT2D eigenvalue weighted by Gasteiger charge is 2.15. The van der Waals surface area contributed by atoms with Gasteiger partial charge in [0, 0.05) is 18.4 Å². The minimum absolute atomic E-state index is 0.536. The zero-order chi connectivity index (χ0) is 11.4. The predicted molar refractivity (Wildman–Crippen MR) is 66.1 cm³/mol. The first-order valence-electron chi connectivity index (χ1n) is 5.76. The van der Waals surface area contributed by atoms with E-state index in [1.54, 1.807) is 0 Å². The third-order valence-corrected chi connectivity index (χ3v) is 2.83. The number of benzene rings is 1. The Hall–Kier alpha value is -1.75. The zero-order valence-electron chi connectivity index (χ0n) is 9.61. The van der Waals surface area contributed by atoms with E-state index < -0.39 is 0 Å². The fourth-order valence-electron chi connectivity index (χ4n) is 2.16. The number of nitrogens with zero attached hydrogens (tertiary/aromatic N) is 2. The number of fused-ring (bicyclic) bond motifs is 1. The van der Waals surface area contributed by atoms with Crippen molar-refractivity contribution in [2.75, 3.05) is 11.4 Å². The zero-order valence-corrected chi connectivity index (χ0v) is 9.61. The van der Waals surface area contributed by atoms with Gasteiger partial charge >= 0.3 is 0 Å². The minimum atomic E-state index is 0.536. The lowest BCUT2D eigenvalue weighted by Crippen LogP contribution is -2.22. The molecule has 1 aliphatic rings. The van der Waals surface area contributed by atoms with Crippen molar-refractivity contribution in [2.24, 2.45) is 0 Å². The first kappa shape index (κ1) is 10.8. The van der Waals surface area contributed by atoms with E-state index in [1.165, 1.54) is 16.8 Å². The molecule has 0 aromatic heterocycles. The van der Waals surface area contributed by atoms with Crippen molar-refractivity contribution in [3.63, 3.8) is 0 Å². The SMILES string of the molecule is CCCN1C=C(CC#N)Cc2ccccc21. The summed E-state index contributed by atoms with van der Waals surface area (Å²) in [6.07, 6.45) is 4.72. The second-order valence-corrected chi connectivity index (χ2v) is 4.12. The molecule has 0 unspecified atom stereocenters. The molecule has 1 aromatic rings. The summed E-state index contributed by atoms with van der Waals surface area (Å²) in [6, 6.07) is 10.7. The summed E-state index contributed by atoms with van der Waals surface area (Å²) >= 11 is 0. The lowest BCUT2D eigenvalue weighted by molar-refractivity contribution is 0.844. The van der Waals surface area contributed by atoms with E-state index in [0.717, 1.165) is 19.4 Å². The Morgan fingerprint density at radius 3 is 2.94 bits per heavy atom. The van der Waals surface area contributed by atoms with Crippen LogP contribution < -0.4 is 4.90 Å². The average molecular weight is 212 g/mol. The normalized spacial score (nSPS) is 14.0. The van der Waals surface area contributed by atoms with Crippen LogP contribution in [0.4, 0.5) is 5.69 Å². The van der Waals surface area contributed by atoms with Crippen LogP contribution >= 0.6 is 0 Å². The van der Waals surface area contributed by atoms with Crippen molar-refractivity contribution in [1.29, 1.82) is 5.26 Å². The summed E-state index contributed by atoms with van der Waals surface area (Å²) < 4.78 is 0. The molecule has 1 aliphatic heterocycles. The fourth-order valence-corrected chi connectivity index (χ4v) is 2.16. The van der Waals surface area contributed by atoms with Crippen LogP contribution in [0.2, 0.25) is 0 Å². The highest BCUT2D eigenvalue weighted by molar-refractivity contribution is 5.60. The van der Waals surface area contributed by atoms with Gasteiger partial charge in [-0.15, -0.1) is 0 Å². The molecule has 0 amide bonds. The van der Waals surface area contributed by atoms with Crippen LogP contribution in [0.25, 0.3) is 0 Å². The molecule has 0 atom stereocenters. The smallest absolute Gasteiger partial charge is 0.0666 e. The van der Waals surface area contributed by atoms with Gasteiger partial charge in [-0.05, 0) is 30.0 Å². The number of hydrogen-bond donors (Lipinski definition) is 0. The lowest BCUT2D eigenvalue weighted by Gasteiger charge is -2.28. The van der Waals surface area contributed by atoms with Gasteiger partial charge in [-0.1, -0.05) is 25.1 Å². The second-order valence-electron chi connectivity index (χ2n) is 4.12. The van der Waals surface area contributed by atoms with Gasteiger partial charge in [-0.3, -0.25) is 0 Å². The van der Waals surface area contributed by atoms with Gasteiger partial charge in [0.2, 0.25) is 0 Å². The highest BCUT2D eigenvalue weighted by atomic mass is 15.1. The number of hydrogen-bond acceptors (Lipinski definition) is 2. The van der Waals surface area contributed by atoms with Crippen LogP contribution in [0.5, 0.6) is 0 Å². The van der Waals surface area contributed by atoms with Crippen molar-refractivity contribution in [2.45, 2.75) is 26.2 Å². The maximum Gasteiger partial charge on any atom is 0.0666 e. The summed E-state index contributed by atoms with van der Waals surface area (Å²) in [4.78, 5) is 2.27. The van der Waals surface area contributed by atoms with Crippen molar-refractivity contribution in [3.05, 3.63) is 41.6 Å². The molecule has 1 aromatic carbocycles. The average Bonchev–Trinajstić information content (AvgIpc) is 2.30. The fraction of sp³-hybridized carbons (Fsp3) is 0.357. The van der Waals surface area contributed by atoms with Gasteiger partial charge in [0.25, 0.3) is 0 Å². The van der Waals surface area contributed by atoms with Crippen LogP contribution in [-0.4, -0.2) is 6.54 Å². The number of nitriles is 1. The molecule has 0 aliphatic carbocycles. The highest BCUT2D eigenvalue weighted by Crippen LogP contribution is 2.29. The molecule has 0 saturated heterocycles. The van der Waals surface area contributed by atoms with Gasteiger partial charge in [-0.25, -0.2) is 0 Å². The van der Waals surface area contributed by atoms with Crippen LogP contribution in [0.3, 0.4) is 0 Å². The Morgan fingerprint density at radius 2 is 2.19 bits per heavy atom. The Bertz CT molecular complexity index is 440. The van der Waals surface area contributed by atoms with Gasteiger partial charge in [0.15, 0.2) is 0 Å². The van der Waals surface area contributed by atoms with E-state index in [1.807, 2.05) is 0 Å². The van der Waals surface area contributed by atoms with Crippen LogP contribution in [0.15, 0.2) is 36.0 Å². The summed E-state index contributed by atoms with van der Waals surface area (Å²) in [7, 11) is 0. The van der Waals surface area contributed by atoms with E-state index >= 15 is 0 Å². The third-order valence-electron chi connectivity index (χ3n) is 2.83. The largest absolute Gasteiger partial charge is 0.348 e. The van der Waals surface area contributed by atoms with Crippen LogP contribution in [-0.2, 0) is 6.42 Å². The molecule has 0 saturated carbocycles. The predicted octanol–water partition coefficient (Wildman–Crippen LogP) is 3.26. The summed E-state index contributed by atoms with van der Waals surface area (Å²) in [5, 5.41) is 8.77. The molecule has 1 heterocycles. The number of para-hydroxylation sites is 1. The van der Waals surface area contributed by atoms with E-state index in [2.05, 4.69) is 48.4 Å². The summed E-state index contributed by atoms with van der Waals surface area (Å²) in [6.45, 7) is 3.20. The molecule has 0 bridgehead atoms.